The molecule has 0 aliphatic heterocycles. The Labute approximate surface area is 101 Å². The van der Waals surface area contributed by atoms with Gasteiger partial charge in [-0.2, -0.15) is 4.98 Å². The molecule has 4 nitrogen and oxygen atoms in total. The summed E-state index contributed by atoms with van der Waals surface area (Å²) >= 11 is 0. The lowest BCUT2D eigenvalue weighted by Gasteiger charge is -1.99. The molecule has 0 aliphatic rings. The van der Waals surface area contributed by atoms with E-state index in [9.17, 15) is 0 Å². The van der Waals surface area contributed by atoms with E-state index in [2.05, 4.69) is 29.2 Å². The lowest BCUT2D eigenvalue weighted by Crippen LogP contribution is -2.02. The molecule has 2 N–H and O–H groups in total. The summed E-state index contributed by atoms with van der Waals surface area (Å²) in [4.78, 5) is 4.29. The molecule has 0 unspecified atom stereocenters. The number of hydrogen-bond donors (Lipinski definition) is 1. The van der Waals surface area contributed by atoms with Gasteiger partial charge in [-0.3, -0.25) is 0 Å². The average molecular weight is 231 g/mol. The average Bonchev–Trinajstić information content (AvgIpc) is 2.80. The van der Waals surface area contributed by atoms with E-state index >= 15 is 0 Å². The van der Waals surface area contributed by atoms with Crippen molar-refractivity contribution in [3.05, 3.63) is 35.7 Å². The summed E-state index contributed by atoms with van der Waals surface area (Å²) in [6.45, 7) is 2.70. The molecule has 0 amide bonds. The van der Waals surface area contributed by atoms with Crippen LogP contribution < -0.4 is 5.73 Å². The van der Waals surface area contributed by atoms with Gasteiger partial charge in [0.15, 0.2) is 0 Å². The Morgan fingerprint density at radius 2 is 1.94 bits per heavy atom. The largest absolute Gasteiger partial charge is 0.339 e. The van der Waals surface area contributed by atoms with Crippen molar-refractivity contribution in [1.29, 1.82) is 0 Å². The van der Waals surface area contributed by atoms with Gasteiger partial charge in [0.25, 0.3) is 0 Å². The van der Waals surface area contributed by atoms with E-state index in [4.69, 9.17) is 10.3 Å². The first-order valence-corrected chi connectivity index (χ1v) is 5.95. The minimum absolute atomic E-state index is 0.525. The SMILES string of the molecule is CCCc1ccc(-c2noc(CCN)n2)cc1. The Hall–Kier alpha value is -1.68. The standard InChI is InChI=1S/C13H17N3O/c1-2-3-10-4-6-11(7-5-10)13-15-12(8-9-14)17-16-13/h4-7H,2-3,8-9,14H2,1H3. The van der Waals surface area contributed by atoms with Crippen molar-refractivity contribution in [2.75, 3.05) is 6.54 Å². The minimum Gasteiger partial charge on any atom is -0.339 e. The van der Waals surface area contributed by atoms with Gasteiger partial charge in [-0.15, -0.1) is 0 Å². The lowest BCUT2D eigenvalue weighted by atomic mass is 10.1. The smallest absolute Gasteiger partial charge is 0.228 e. The number of nitrogens with two attached hydrogens (primary N) is 1. The fourth-order valence-electron chi connectivity index (χ4n) is 1.71. The Kier molecular flexibility index (Phi) is 3.88. The van der Waals surface area contributed by atoms with E-state index in [1.54, 1.807) is 0 Å². The molecule has 4 heteroatoms. The zero-order valence-electron chi connectivity index (χ0n) is 10.0. The molecule has 0 spiro atoms. The fraction of sp³-hybridized carbons (Fsp3) is 0.385. The van der Waals surface area contributed by atoms with E-state index < -0.39 is 0 Å². The molecule has 2 rings (SSSR count). The van der Waals surface area contributed by atoms with Gasteiger partial charge in [0.2, 0.25) is 11.7 Å². The highest BCUT2D eigenvalue weighted by Gasteiger charge is 2.07. The number of rotatable bonds is 5. The summed E-state index contributed by atoms with van der Waals surface area (Å²) in [6, 6.07) is 8.28. The molecule has 90 valence electrons. The molecule has 0 bridgehead atoms. The van der Waals surface area contributed by atoms with Gasteiger partial charge < -0.3 is 10.3 Å². The van der Waals surface area contributed by atoms with E-state index in [1.807, 2.05) is 12.1 Å². The predicted molar refractivity (Wildman–Crippen MR) is 66.5 cm³/mol. The lowest BCUT2D eigenvalue weighted by molar-refractivity contribution is 0.380. The highest BCUT2D eigenvalue weighted by molar-refractivity contribution is 5.54. The third-order valence-electron chi connectivity index (χ3n) is 2.58. The summed E-state index contributed by atoms with van der Waals surface area (Å²) in [5.41, 5.74) is 7.75. The van der Waals surface area contributed by atoms with Crippen molar-refractivity contribution in [3.8, 4) is 11.4 Å². The molecule has 2 aromatic rings. The van der Waals surface area contributed by atoms with Crippen molar-refractivity contribution in [1.82, 2.24) is 10.1 Å². The molecule has 0 fully saturated rings. The molecule has 0 saturated heterocycles. The second-order valence-electron chi connectivity index (χ2n) is 4.00. The molecule has 1 aromatic carbocycles. The summed E-state index contributed by atoms with van der Waals surface area (Å²) in [5.74, 6) is 1.23. The predicted octanol–water partition coefficient (Wildman–Crippen LogP) is 2.19. The number of benzene rings is 1. The normalized spacial score (nSPS) is 10.7. The summed E-state index contributed by atoms with van der Waals surface area (Å²) < 4.78 is 5.10. The Balaban J connectivity index is 2.15. The summed E-state index contributed by atoms with van der Waals surface area (Å²) in [7, 11) is 0. The number of nitrogens with zero attached hydrogens (tertiary/aromatic N) is 2. The van der Waals surface area contributed by atoms with Gasteiger partial charge in [0.1, 0.15) is 0 Å². The zero-order chi connectivity index (χ0) is 12.1. The number of aryl methyl sites for hydroxylation is 1. The van der Waals surface area contributed by atoms with Crippen LogP contribution in [0, 0.1) is 0 Å². The zero-order valence-corrected chi connectivity index (χ0v) is 10.0. The second-order valence-corrected chi connectivity index (χ2v) is 4.00. The van der Waals surface area contributed by atoms with Crippen LogP contribution in [0.15, 0.2) is 28.8 Å². The first kappa shape index (κ1) is 11.8. The molecule has 17 heavy (non-hydrogen) atoms. The van der Waals surface area contributed by atoms with Gasteiger partial charge in [-0.1, -0.05) is 42.8 Å². The van der Waals surface area contributed by atoms with Crippen LogP contribution in [0.4, 0.5) is 0 Å². The Morgan fingerprint density at radius 3 is 2.59 bits per heavy atom. The minimum atomic E-state index is 0.525. The first-order chi connectivity index (χ1) is 8.33. The maximum absolute atomic E-state index is 5.43. The third-order valence-corrected chi connectivity index (χ3v) is 2.58. The molecule has 0 aliphatic carbocycles. The highest BCUT2D eigenvalue weighted by atomic mass is 16.5. The molecule has 1 aromatic heterocycles. The van der Waals surface area contributed by atoms with E-state index in [1.165, 1.54) is 5.56 Å². The topological polar surface area (TPSA) is 64.9 Å². The molecule has 1 heterocycles. The van der Waals surface area contributed by atoms with Gasteiger partial charge >= 0.3 is 0 Å². The van der Waals surface area contributed by atoms with Crippen molar-refractivity contribution in [3.63, 3.8) is 0 Å². The van der Waals surface area contributed by atoms with Crippen molar-refractivity contribution in [2.24, 2.45) is 5.73 Å². The van der Waals surface area contributed by atoms with Crippen LogP contribution in [0.2, 0.25) is 0 Å². The van der Waals surface area contributed by atoms with Crippen LogP contribution in [-0.4, -0.2) is 16.7 Å². The van der Waals surface area contributed by atoms with E-state index in [0.717, 1.165) is 18.4 Å². The molecular weight excluding hydrogens is 214 g/mol. The van der Waals surface area contributed by atoms with E-state index in [-0.39, 0.29) is 0 Å². The van der Waals surface area contributed by atoms with Crippen molar-refractivity contribution in [2.45, 2.75) is 26.2 Å². The van der Waals surface area contributed by atoms with Crippen LogP contribution >= 0.6 is 0 Å². The molecule has 0 radical (unpaired) electrons. The van der Waals surface area contributed by atoms with Gasteiger partial charge in [-0.25, -0.2) is 0 Å². The Morgan fingerprint density at radius 1 is 1.18 bits per heavy atom. The van der Waals surface area contributed by atoms with Crippen LogP contribution in [0.3, 0.4) is 0 Å². The Bertz CT molecular complexity index is 462. The quantitative estimate of drug-likeness (QED) is 0.856. The first-order valence-electron chi connectivity index (χ1n) is 5.95. The van der Waals surface area contributed by atoms with Crippen LogP contribution in [0.5, 0.6) is 0 Å². The van der Waals surface area contributed by atoms with E-state index in [0.29, 0.717) is 24.7 Å². The molecule has 0 atom stereocenters. The monoisotopic (exact) mass is 231 g/mol. The third kappa shape index (κ3) is 2.91. The van der Waals surface area contributed by atoms with Crippen LogP contribution in [0.25, 0.3) is 11.4 Å². The van der Waals surface area contributed by atoms with Gasteiger partial charge in [0, 0.05) is 18.5 Å². The molecular formula is C13H17N3O. The maximum atomic E-state index is 5.43. The number of aromatic nitrogens is 2. The van der Waals surface area contributed by atoms with Crippen molar-refractivity contribution < 1.29 is 4.52 Å². The maximum Gasteiger partial charge on any atom is 0.228 e. The summed E-state index contributed by atoms with van der Waals surface area (Å²) in [5, 5.41) is 3.94. The fourth-order valence-corrected chi connectivity index (χ4v) is 1.71. The van der Waals surface area contributed by atoms with Gasteiger partial charge in [0.05, 0.1) is 0 Å². The van der Waals surface area contributed by atoms with Crippen molar-refractivity contribution >= 4 is 0 Å². The highest BCUT2D eigenvalue weighted by Crippen LogP contribution is 2.17. The van der Waals surface area contributed by atoms with Gasteiger partial charge in [-0.05, 0) is 12.0 Å². The molecule has 0 saturated carbocycles. The van der Waals surface area contributed by atoms with Crippen LogP contribution in [0.1, 0.15) is 24.8 Å². The number of hydrogen-bond acceptors (Lipinski definition) is 4. The van der Waals surface area contributed by atoms with Crippen LogP contribution in [-0.2, 0) is 12.8 Å². The summed E-state index contributed by atoms with van der Waals surface area (Å²) in [6.07, 6.45) is 2.88. The second kappa shape index (κ2) is 5.59.